The molecule has 2 spiro atoms. The average Bonchev–Trinajstić information content (AvgIpc) is 2.88. The second kappa shape index (κ2) is 9.33. The van der Waals surface area contributed by atoms with Crippen LogP contribution in [0.15, 0.2) is 0 Å². The van der Waals surface area contributed by atoms with Gasteiger partial charge in [-0.05, 0) is 113 Å². The first kappa shape index (κ1) is 23.3. The zero-order chi connectivity index (χ0) is 22.3. The van der Waals surface area contributed by atoms with E-state index >= 15 is 4.39 Å². The van der Waals surface area contributed by atoms with Crippen molar-refractivity contribution in [3.8, 4) is 0 Å². The molecule has 0 aromatic carbocycles. The summed E-state index contributed by atoms with van der Waals surface area (Å²) in [4.78, 5) is 13.6. The summed E-state index contributed by atoms with van der Waals surface area (Å²) in [5.74, 6) is 5.51. The van der Waals surface area contributed by atoms with E-state index in [0.29, 0.717) is 5.78 Å². The Kier molecular flexibility index (Phi) is 6.81. The summed E-state index contributed by atoms with van der Waals surface area (Å²) in [6, 6.07) is 0. The molecule has 5 aliphatic rings. The number of hydrogen-bond donors (Lipinski definition) is 0. The fourth-order valence-corrected chi connectivity index (χ4v) is 9.53. The lowest BCUT2D eigenvalue weighted by molar-refractivity contribution is -0.194. The molecule has 0 radical (unpaired) electrons. The maximum absolute atomic E-state index is 16.0. The number of rotatable bonds is 4. The Labute approximate surface area is 197 Å². The zero-order valence-corrected chi connectivity index (χ0v) is 21.1. The molecule has 0 N–H and O–H groups in total. The Bertz CT molecular complexity index is 584. The van der Waals surface area contributed by atoms with E-state index in [2.05, 4.69) is 13.8 Å². The van der Waals surface area contributed by atoms with Crippen molar-refractivity contribution in [2.45, 2.75) is 136 Å². The molecule has 2 heteroatoms. The standard InChI is InChI=1S/C30H49FO/c1-3-21-5-9-23(10-6-21)25-13-17-29(18-14-25)27(31)30(28(29)32)19-15-26(16-20-30)24-11-7-22(4-2)8-12-24/h21-27H,3-20H2,1-2H3/t21-,22-,23-,24-,25?,26?,27?,29?,30?. The lowest BCUT2D eigenvalue weighted by Crippen LogP contribution is -2.69. The van der Waals surface area contributed by atoms with Crippen molar-refractivity contribution in [1.29, 1.82) is 0 Å². The number of hydrogen-bond acceptors (Lipinski definition) is 1. The van der Waals surface area contributed by atoms with Gasteiger partial charge < -0.3 is 0 Å². The van der Waals surface area contributed by atoms with Crippen LogP contribution in [-0.2, 0) is 4.79 Å². The predicted octanol–water partition coefficient (Wildman–Crippen LogP) is 8.69. The molecule has 32 heavy (non-hydrogen) atoms. The van der Waals surface area contributed by atoms with Gasteiger partial charge in [-0.15, -0.1) is 0 Å². The van der Waals surface area contributed by atoms with Gasteiger partial charge in [-0.3, -0.25) is 4.79 Å². The molecular weight excluding hydrogens is 395 g/mol. The number of halogens is 1. The SMILES string of the molecule is CC[C@H]1CC[C@H](C2CCC3(CC2)C(=O)C2(CCC([C@H]4CC[C@H](CC)CC4)CC2)C3F)CC1. The summed E-state index contributed by atoms with van der Waals surface area (Å²) in [5, 5.41) is 0. The van der Waals surface area contributed by atoms with E-state index in [0.717, 1.165) is 86.9 Å². The second-order valence-corrected chi connectivity index (χ2v) is 13.1. The first-order valence-corrected chi connectivity index (χ1v) is 14.7. The summed E-state index contributed by atoms with van der Waals surface area (Å²) in [6.45, 7) is 4.66. The third kappa shape index (κ3) is 3.82. The minimum absolute atomic E-state index is 0.374. The zero-order valence-electron chi connectivity index (χ0n) is 21.1. The minimum Gasteiger partial charge on any atom is -0.298 e. The summed E-state index contributed by atoms with van der Waals surface area (Å²) in [6.07, 6.45) is 20.9. The van der Waals surface area contributed by atoms with Crippen molar-refractivity contribution >= 4 is 5.78 Å². The Morgan fingerprint density at radius 1 is 0.594 bits per heavy atom. The molecule has 5 fully saturated rings. The van der Waals surface area contributed by atoms with Gasteiger partial charge in [0.05, 0.1) is 10.8 Å². The van der Waals surface area contributed by atoms with Gasteiger partial charge in [0, 0.05) is 0 Å². The van der Waals surface area contributed by atoms with Crippen LogP contribution < -0.4 is 0 Å². The average molecular weight is 445 g/mol. The van der Waals surface area contributed by atoms with Crippen molar-refractivity contribution in [3.05, 3.63) is 0 Å². The molecule has 5 saturated carbocycles. The third-order valence-corrected chi connectivity index (χ3v) is 12.0. The van der Waals surface area contributed by atoms with Crippen LogP contribution in [0, 0.1) is 46.3 Å². The van der Waals surface area contributed by atoms with Crippen LogP contribution in [0.25, 0.3) is 0 Å². The fourth-order valence-electron chi connectivity index (χ4n) is 9.53. The first-order chi connectivity index (χ1) is 15.5. The van der Waals surface area contributed by atoms with Gasteiger partial charge in [0.15, 0.2) is 5.78 Å². The molecule has 5 aliphatic carbocycles. The van der Waals surface area contributed by atoms with E-state index in [4.69, 9.17) is 0 Å². The lowest BCUT2D eigenvalue weighted by atomic mass is 9.41. The number of alkyl halides is 1. The van der Waals surface area contributed by atoms with Crippen molar-refractivity contribution in [3.63, 3.8) is 0 Å². The second-order valence-electron chi connectivity index (χ2n) is 13.1. The Morgan fingerprint density at radius 2 is 0.906 bits per heavy atom. The van der Waals surface area contributed by atoms with Crippen LogP contribution >= 0.6 is 0 Å². The van der Waals surface area contributed by atoms with Crippen LogP contribution in [-0.4, -0.2) is 12.0 Å². The largest absolute Gasteiger partial charge is 0.298 e. The monoisotopic (exact) mass is 444 g/mol. The quantitative estimate of drug-likeness (QED) is 0.424. The Balaban J connectivity index is 1.13. The molecule has 0 aromatic heterocycles. The minimum atomic E-state index is -0.837. The molecule has 182 valence electrons. The summed E-state index contributed by atoms with van der Waals surface area (Å²) in [7, 11) is 0. The molecule has 0 heterocycles. The van der Waals surface area contributed by atoms with Crippen molar-refractivity contribution in [1.82, 2.24) is 0 Å². The van der Waals surface area contributed by atoms with Gasteiger partial charge in [0.1, 0.15) is 6.17 Å². The summed E-state index contributed by atoms with van der Waals surface area (Å²) in [5.41, 5.74) is -1.13. The van der Waals surface area contributed by atoms with E-state index in [9.17, 15) is 4.79 Å². The number of carbonyl (C=O) groups is 1. The van der Waals surface area contributed by atoms with E-state index in [1.807, 2.05) is 0 Å². The number of carbonyl (C=O) groups excluding carboxylic acids is 1. The summed E-state index contributed by atoms with van der Waals surface area (Å²) >= 11 is 0. The topological polar surface area (TPSA) is 17.1 Å². The van der Waals surface area contributed by atoms with Crippen molar-refractivity contribution in [2.75, 3.05) is 0 Å². The molecule has 0 bridgehead atoms. The van der Waals surface area contributed by atoms with Crippen LogP contribution in [0.3, 0.4) is 0 Å². The van der Waals surface area contributed by atoms with Gasteiger partial charge >= 0.3 is 0 Å². The molecule has 0 aromatic rings. The maximum Gasteiger partial charge on any atom is 0.151 e. The van der Waals surface area contributed by atoms with Crippen molar-refractivity contribution in [2.24, 2.45) is 46.3 Å². The van der Waals surface area contributed by atoms with Gasteiger partial charge in [-0.1, -0.05) is 52.4 Å². The van der Waals surface area contributed by atoms with Gasteiger partial charge in [0.2, 0.25) is 0 Å². The van der Waals surface area contributed by atoms with E-state index in [1.54, 1.807) is 0 Å². The molecule has 0 unspecified atom stereocenters. The lowest BCUT2D eigenvalue weighted by Gasteiger charge is -2.62. The number of ketones is 1. The highest BCUT2D eigenvalue weighted by atomic mass is 19.1. The molecule has 1 nitrogen and oxygen atoms in total. The van der Waals surface area contributed by atoms with Gasteiger partial charge in [-0.2, -0.15) is 0 Å². The van der Waals surface area contributed by atoms with E-state index in [1.165, 1.54) is 64.2 Å². The Morgan fingerprint density at radius 3 is 1.19 bits per heavy atom. The molecule has 5 rings (SSSR count). The smallest absolute Gasteiger partial charge is 0.151 e. The van der Waals surface area contributed by atoms with E-state index < -0.39 is 17.0 Å². The predicted molar refractivity (Wildman–Crippen MR) is 130 cm³/mol. The van der Waals surface area contributed by atoms with Gasteiger partial charge in [-0.25, -0.2) is 4.39 Å². The van der Waals surface area contributed by atoms with Crippen LogP contribution in [0.2, 0.25) is 0 Å². The van der Waals surface area contributed by atoms with E-state index in [-0.39, 0.29) is 0 Å². The fraction of sp³-hybridized carbons (Fsp3) is 0.967. The Hall–Kier alpha value is -0.400. The normalized spacial score (nSPS) is 49.8. The molecular formula is C30H49FO. The van der Waals surface area contributed by atoms with Crippen molar-refractivity contribution < 1.29 is 9.18 Å². The number of Topliss-reactive ketones (excluding diaryl/α,β-unsaturated/α-hetero) is 1. The molecule has 0 saturated heterocycles. The molecule has 0 amide bonds. The first-order valence-electron chi connectivity index (χ1n) is 14.7. The van der Waals surface area contributed by atoms with Gasteiger partial charge in [0.25, 0.3) is 0 Å². The summed E-state index contributed by atoms with van der Waals surface area (Å²) < 4.78 is 16.0. The van der Waals surface area contributed by atoms with Crippen LogP contribution in [0.1, 0.15) is 129 Å². The highest BCUT2D eigenvalue weighted by Crippen LogP contribution is 2.66. The van der Waals surface area contributed by atoms with Crippen LogP contribution in [0.4, 0.5) is 4.39 Å². The highest BCUT2D eigenvalue weighted by Gasteiger charge is 2.71. The third-order valence-electron chi connectivity index (χ3n) is 12.0. The maximum atomic E-state index is 16.0. The highest BCUT2D eigenvalue weighted by molar-refractivity contribution is 5.98. The molecule has 0 atom stereocenters. The van der Waals surface area contributed by atoms with Crippen LogP contribution in [0.5, 0.6) is 0 Å². The molecule has 0 aliphatic heterocycles.